The molecule has 1 fully saturated rings. The molecule has 0 spiro atoms. The lowest BCUT2D eigenvalue weighted by atomic mass is 10.1. The van der Waals surface area contributed by atoms with Gasteiger partial charge in [0.05, 0.1) is 5.92 Å². The molecule has 0 radical (unpaired) electrons. The molecule has 6 heteroatoms. The number of halogens is 1. The number of carbonyl (C=O) groups excluding carboxylic acids is 2. The molecule has 3 N–H and O–H groups in total. The second-order valence-electron chi connectivity index (χ2n) is 4.08. The molecule has 0 aromatic carbocycles. The summed E-state index contributed by atoms with van der Waals surface area (Å²) in [6.45, 7) is 4.82. The lowest BCUT2D eigenvalue weighted by molar-refractivity contribution is -0.124. The molecular formula is C11H22ClN3O2. The van der Waals surface area contributed by atoms with Crippen LogP contribution in [0.15, 0.2) is 0 Å². The van der Waals surface area contributed by atoms with Crippen LogP contribution < -0.4 is 16.0 Å². The molecule has 1 atom stereocenters. The molecule has 5 nitrogen and oxygen atoms in total. The summed E-state index contributed by atoms with van der Waals surface area (Å²) in [5, 5.41) is 8.71. The summed E-state index contributed by atoms with van der Waals surface area (Å²) in [6, 6.07) is 0. The highest BCUT2D eigenvalue weighted by Crippen LogP contribution is 2.06. The van der Waals surface area contributed by atoms with Gasteiger partial charge >= 0.3 is 0 Å². The molecule has 1 heterocycles. The van der Waals surface area contributed by atoms with Crippen LogP contribution >= 0.6 is 12.4 Å². The van der Waals surface area contributed by atoms with Gasteiger partial charge in [-0.2, -0.15) is 0 Å². The number of hydrogen-bond donors (Lipinski definition) is 3. The summed E-state index contributed by atoms with van der Waals surface area (Å²) in [7, 11) is 0. The van der Waals surface area contributed by atoms with Gasteiger partial charge in [-0.15, -0.1) is 12.4 Å². The van der Waals surface area contributed by atoms with E-state index in [0.29, 0.717) is 19.5 Å². The van der Waals surface area contributed by atoms with E-state index in [1.54, 1.807) is 0 Å². The highest BCUT2D eigenvalue weighted by molar-refractivity contribution is 5.85. The molecule has 0 saturated carbocycles. The predicted molar refractivity (Wildman–Crippen MR) is 69.2 cm³/mol. The highest BCUT2D eigenvalue weighted by atomic mass is 35.5. The van der Waals surface area contributed by atoms with Gasteiger partial charge in [0.2, 0.25) is 11.8 Å². The Labute approximate surface area is 109 Å². The lowest BCUT2D eigenvalue weighted by Crippen LogP contribution is -2.35. The molecule has 100 valence electrons. The molecular weight excluding hydrogens is 242 g/mol. The molecule has 1 aliphatic heterocycles. The van der Waals surface area contributed by atoms with Gasteiger partial charge in [-0.3, -0.25) is 9.59 Å². The van der Waals surface area contributed by atoms with Crippen LogP contribution in [0, 0.1) is 5.92 Å². The van der Waals surface area contributed by atoms with Gasteiger partial charge in [-0.05, 0) is 19.4 Å². The zero-order chi connectivity index (χ0) is 11.8. The van der Waals surface area contributed by atoms with Gasteiger partial charge in [-0.1, -0.05) is 6.92 Å². The van der Waals surface area contributed by atoms with E-state index in [0.717, 1.165) is 25.9 Å². The van der Waals surface area contributed by atoms with Crippen molar-refractivity contribution in [3.05, 3.63) is 0 Å². The maximum atomic E-state index is 11.6. The fourth-order valence-electron chi connectivity index (χ4n) is 1.67. The van der Waals surface area contributed by atoms with Crippen molar-refractivity contribution in [1.82, 2.24) is 16.0 Å². The van der Waals surface area contributed by atoms with E-state index in [2.05, 4.69) is 16.0 Å². The van der Waals surface area contributed by atoms with Crippen LogP contribution in [0.1, 0.15) is 26.2 Å². The van der Waals surface area contributed by atoms with Crippen molar-refractivity contribution in [2.75, 3.05) is 26.2 Å². The largest absolute Gasteiger partial charge is 0.356 e. The minimum Gasteiger partial charge on any atom is -0.356 e. The number of hydrogen-bond acceptors (Lipinski definition) is 3. The van der Waals surface area contributed by atoms with E-state index in [9.17, 15) is 9.59 Å². The maximum Gasteiger partial charge on any atom is 0.224 e. The van der Waals surface area contributed by atoms with E-state index < -0.39 is 0 Å². The van der Waals surface area contributed by atoms with Crippen molar-refractivity contribution in [2.45, 2.75) is 26.2 Å². The topological polar surface area (TPSA) is 70.2 Å². The first kappa shape index (κ1) is 16.2. The van der Waals surface area contributed by atoms with Crippen molar-refractivity contribution in [1.29, 1.82) is 0 Å². The second kappa shape index (κ2) is 9.24. The maximum absolute atomic E-state index is 11.6. The van der Waals surface area contributed by atoms with E-state index in [1.165, 1.54) is 0 Å². The van der Waals surface area contributed by atoms with E-state index in [-0.39, 0.29) is 30.1 Å². The third kappa shape index (κ3) is 6.48. The Morgan fingerprint density at radius 3 is 2.65 bits per heavy atom. The standard InChI is InChI=1S/C11H21N3O2.ClH/c1-2-5-13-10(15)4-7-14-11(16)9-3-6-12-8-9;/h9,12H,2-8H2,1H3,(H,13,15)(H,14,16);1H. The molecule has 17 heavy (non-hydrogen) atoms. The van der Waals surface area contributed by atoms with Crippen molar-refractivity contribution >= 4 is 24.2 Å². The summed E-state index contributed by atoms with van der Waals surface area (Å²) in [4.78, 5) is 22.8. The summed E-state index contributed by atoms with van der Waals surface area (Å²) in [5.41, 5.74) is 0. The monoisotopic (exact) mass is 263 g/mol. The fraction of sp³-hybridized carbons (Fsp3) is 0.818. The van der Waals surface area contributed by atoms with Crippen molar-refractivity contribution < 1.29 is 9.59 Å². The molecule has 1 unspecified atom stereocenters. The summed E-state index contributed by atoms with van der Waals surface area (Å²) < 4.78 is 0. The number of rotatable bonds is 6. The Balaban J connectivity index is 0.00000256. The summed E-state index contributed by atoms with van der Waals surface area (Å²) >= 11 is 0. The Bertz CT molecular complexity index is 243. The van der Waals surface area contributed by atoms with Gasteiger partial charge in [-0.25, -0.2) is 0 Å². The van der Waals surface area contributed by atoms with E-state index >= 15 is 0 Å². The molecule has 0 aliphatic carbocycles. The number of amides is 2. The fourth-order valence-corrected chi connectivity index (χ4v) is 1.67. The average molecular weight is 264 g/mol. The van der Waals surface area contributed by atoms with Crippen LogP contribution in [0.4, 0.5) is 0 Å². The molecule has 1 rings (SSSR count). The Morgan fingerprint density at radius 1 is 1.29 bits per heavy atom. The van der Waals surface area contributed by atoms with Crippen molar-refractivity contribution in [2.24, 2.45) is 5.92 Å². The first-order valence-electron chi connectivity index (χ1n) is 5.99. The average Bonchev–Trinajstić information content (AvgIpc) is 2.79. The summed E-state index contributed by atoms with van der Waals surface area (Å²) in [6.07, 6.45) is 2.20. The normalized spacial score (nSPS) is 18.3. The number of carbonyl (C=O) groups is 2. The lowest BCUT2D eigenvalue weighted by Gasteiger charge is -2.09. The molecule has 2 amide bonds. The van der Waals surface area contributed by atoms with Gasteiger partial charge in [0.15, 0.2) is 0 Å². The first-order valence-corrected chi connectivity index (χ1v) is 5.99. The van der Waals surface area contributed by atoms with Crippen LogP contribution in [-0.4, -0.2) is 38.0 Å². The Kier molecular flexibility index (Phi) is 8.80. The van der Waals surface area contributed by atoms with Gasteiger partial charge in [0.1, 0.15) is 0 Å². The van der Waals surface area contributed by atoms with Crippen molar-refractivity contribution in [3.63, 3.8) is 0 Å². The third-order valence-corrected chi connectivity index (χ3v) is 2.65. The molecule has 1 saturated heterocycles. The second-order valence-corrected chi connectivity index (χ2v) is 4.08. The minimum absolute atomic E-state index is 0. The minimum atomic E-state index is 0. The van der Waals surface area contributed by atoms with Crippen LogP contribution in [0.5, 0.6) is 0 Å². The van der Waals surface area contributed by atoms with Gasteiger partial charge in [0, 0.05) is 26.1 Å². The summed E-state index contributed by atoms with van der Waals surface area (Å²) in [5.74, 6) is 0.152. The quantitative estimate of drug-likeness (QED) is 0.634. The predicted octanol–water partition coefficient (Wildman–Crippen LogP) is 0.0502. The SMILES string of the molecule is CCCNC(=O)CCNC(=O)C1CCNC1.Cl. The molecule has 1 aliphatic rings. The molecule has 0 aromatic rings. The van der Waals surface area contributed by atoms with Gasteiger partial charge < -0.3 is 16.0 Å². The van der Waals surface area contributed by atoms with Crippen LogP contribution in [0.2, 0.25) is 0 Å². The zero-order valence-corrected chi connectivity index (χ0v) is 11.1. The van der Waals surface area contributed by atoms with Crippen LogP contribution in [0.3, 0.4) is 0 Å². The van der Waals surface area contributed by atoms with E-state index in [4.69, 9.17) is 0 Å². The van der Waals surface area contributed by atoms with Crippen LogP contribution in [-0.2, 0) is 9.59 Å². The molecule has 0 bridgehead atoms. The zero-order valence-electron chi connectivity index (χ0n) is 10.3. The molecule has 0 aromatic heterocycles. The first-order chi connectivity index (χ1) is 7.74. The Hall–Kier alpha value is -0.810. The van der Waals surface area contributed by atoms with E-state index in [1.807, 2.05) is 6.92 Å². The van der Waals surface area contributed by atoms with Gasteiger partial charge in [0.25, 0.3) is 0 Å². The van der Waals surface area contributed by atoms with Crippen molar-refractivity contribution in [3.8, 4) is 0 Å². The smallest absolute Gasteiger partial charge is 0.224 e. The van der Waals surface area contributed by atoms with Crippen LogP contribution in [0.25, 0.3) is 0 Å². The highest BCUT2D eigenvalue weighted by Gasteiger charge is 2.21. The number of nitrogens with one attached hydrogen (secondary N) is 3. The third-order valence-electron chi connectivity index (χ3n) is 2.65. The Morgan fingerprint density at radius 2 is 2.06 bits per heavy atom.